The highest BCUT2D eigenvalue weighted by atomic mass is 32.1. The van der Waals surface area contributed by atoms with E-state index in [9.17, 15) is 4.79 Å². The molecule has 1 amide bonds. The van der Waals surface area contributed by atoms with Crippen molar-refractivity contribution in [3.63, 3.8) is 0 Å². The van der Waals surface area contributed by atoms with Gasteiger partial charge in [0.2, 0.25) is 0 Å². The Morgan fingerprint density at radius 1 is 1.05 bits per heavy atom. The highest BCUT2D eigenvalue weighted by Crippen LogP contribution is 2.25. The number of hydrogen-bond acceptors (Lipinski definition) is 3. The van der Waals surface area contributed by atoms with Crippen LogP contribution < -0.4 is 10.1 Å². The number of ether oxygens (including phenoxy) is 1. The monoisotopic (exact) mass is 309 g/mol. The van der Waals surface area contributed by atoms with E-state index in [0.717, 1.165) is 5.56 Å². The third-order valence-electron chi connectivity index (χ3n) is 3.28. The van der Waals surface area contributed by atoms with Crippen LogP contribution in [0.25, 0.3) is 10.4 Å². The first-order valence-corrected chi connectivity index (χ1v) is 7.73. The molecule has 0 aliphatic rings. The van der Waals surface area contributed by atoms with Crippen LogP contribution in [0.5, 0.6) is 5.75 Å². The van der Waals surface area contributed by atoms with Crippen LogP contribution >= 0.6 is 11.3 Å². The van der Waals surface area contributed by atoms with Crippen LogP contribution in [0.2, 0.25) is 0 Å². The number of thiophene rings is 1. The van der Waals surface area contributed by atoms with Crippen molar-refractivity contribution in [2.75, 3.05) is 12.4 Å². The summed E-state index contributed by atoms with van der Waals surface area (Å²) in [6, 6.07) is 19.0. The Morgan fingerprint density at radius 2 is 1.86 bits per heavy atom. The van der Waals surface area contributed by atoms with Gasteiger partial charge in [-0.2, -0.15) is 0 Å². The molecular weight excluding hydrogens is 294 g/mol. The Bertz CT molecular complexity index is 764. The largest absolute Gasteiger partial charge is 0.497 e. The number of methoxy groups -OCH3 is 1. The Hall–Kier alpha value is -2.59. The molecule has 0 saturated carbocycles. The molecule has 3 nitrogen and oxygen atoms in total. The molecule has 3 aromatic rings. The molecule has 1 aromatic heterocycles. The van der Waals surface area contributed by atoms with Crippen LogP contribution in [-0.4, -0.2) is 13.0 Å². The van der Waals surface area contributed by atoms with Crippen molar-refractivity contribution in [2.45, 2.75) is 0 Å². The minimum Gasteiger partial charge on any atom is -0.497 e. The molecular formula is C18H15NO2S. The van der Waals surface area contributed by atoms with Gasteiger partial charge in [0.1, 0.15) is 5.75 Å². The second kappa shape index (κ2) is 6.45. The first-order chi connectivity index (χ1) is 10.8. The standard InChI is InChI=1S/C18H15NO2S/c1-21-16-5-2-4-15(12-16)19-18(20)14-9-7-13(8-10-14)17-6-3-11-22-17/h2-12H,1H3,(H,19,20). The molecule has 1 N–H and O–H groups in total. The zero-order valence-corrected chi connectivity index (χ0v) is 12.9. The first kappa shape index (κ1) is 14.4. The first-order valence-electron chi connectivity index (χ1n) is 6.85. The van der Waals surface area contributed by atoms with Crippen LogP contribution in [0.4, 0.5) is 5.69 Å². The van der Waals surface area contributed by atoms with Crippen LogP contribution in [-0.2, 0) is 0 Å². The molecule has 2 aromatic carbocycles. The summed E-state index contributed by atoms with van der Waals surface area (Å²) in [6.45, 7) is 0. The quantitative estimate of drug-likeness (QED) is 0.760. The van der Waals surface area contributed by atoms with Gasteiger partial charge in [-0.05, 0) is 41.3 Å². The average molecular weight is 309 g/mol. The average Bonchev–Trinajstić information content (AvgIpc) is 3.09. The van der Waals surface area contributed by atoms with Crippen molar-refractivity contribution in [3.05, 3.63) is 71.6 Å². The summed E-state index contributed by atoms with van der Waals surface area (Å²) in [7, 11) is 1.60. The fraction of sp³-hybridized carbons (Fsp3) is 0.0556. The predicted molar refractivity (Wildman–Crippen MR) is 90.7 cm³/mol. The highest BCUT2D eigenvalue weighted by Gasteiger charge is 2.07. The van der Waals surface area contributed by atoms with Gasteiger partial charge < -0.3 is 10.1 Å². The normalized spacial score (nSPS) is 10.2. The smallest absolute Gasteiger partial charge is 0.255 e. The van der Waals surface area contributed by atoms with Gasteiger partial charge in [0.15, 0.2) is 0 Å². The molecule has 0 aliphatic carbocycles. The predicted octanol–water partition coefficient (Wildman–Crippen LogP) is 4.68. The summed E-state index contributed by atoms with van der Waals surface area (Å²) in [5.74, 6) is 0.580. The van der Waals surface area contributed by atoms with Gasteiger partial charge in [-0.3, -0.25) is 4.79 Å². The van der Waals surface area contributed by atoms with E-state index in [-0.39, 0.29) is 5.91 Å². The number of amides is 1. The number of hydrogen-bond donors (Lipinski definition) is 1. The molecule has 110 valence electrons. The zero-order chi connectivity index (χ0) is 15.4. The number of anilines is 1. The second-order valence-corrected chi connectivity index (χ2v) is 5.69. The third kappa shape index (κ3) is 3.18. The Morgan fingerprint density at radius 3 is 2.55 bits per heavy atom. The van der Waals surface area contributed by atoms with E-state index in [4.69, 9.17) is 4.74 Å². The third-order valence-corrected chi connectivity index (χ3v) is 4.20. The number of carbonyl (C=O) groups excluding carboxylic acids is 1. The van der Waals surface area contributed by atoms with E-state index in [1.165, 1.54) is 4.88 Å². The van der Waals surface area contributed by atoms with E-state index in [2.05, 4.69) is 11.4 Å². The molecule has 0 unspecified atom stereocenters. The summed E-state index contributed by atoms with van der Waals surface area (Å²) in [6.07, 6.45) is 0. The number of benzene rings is 2. The number of rotatable bonds is 4. The van der Waals surface area contributed by atoms with E-state index in [1.54, 1.807) is 24.5 Å². The maximum Gasteiger partial charge on any atom is 0.255 e. The lowest BCUT2D eigenvalue weighted by Crippen LogP contribution is -2.11. The lowest BCUT2D eigenvalue weighted by Gasteiger charge is -2.07. The van der Waals surface area contributed by atoms with Crippen molar-refractivity contribution in [1.82, 2.24) is 0 Å². The molecule has 0 fully saturated rings. The lowest BCUT2D eigenvalue weighted by atomic mass is 10.1. The molecule has 3 rings (SSSR count). The summed E-state index contributed by atoms with van der Waals surface area (Å²) in [4.78, 5) is 13.5. The molecule has 0 bridgehead atoms. The van der Waals surface area contributed by atoms with Crippen LogP contribution in [0.3, 0.4) is 0 Å². The summed E-state index contributed by atoms with van der Waals surface area (Å²) >= 11 is 1.68. The molecule has 1 heterocycles. The van der Waals surface area contributed by atoms with Crippen molar-refractivity contribution in [3.8, 4) is 16.2 Å². The topological polar surface area (TPSA) is 38.3 Å². The molecule has 4 heteroatoms. The summed E-state index contributed by atoms with van der Waals surface area (Å²) < 4.78 is 5.15. The van der Waals surface area contributed by atoms with Crippen molar-refractivity contribution < 1.29 is 9.53 Å². The van der Waals surface area contributed by atoms with Crippen molar-refractivity contribution in [2.24, 2.45) is 0 Å². The van der Waals surface area contributed by atoms with Crippen LogP contribution in [0.1, 0.15) is 10.4 Å². The zero-order valence-electron chi connectivity index (χ0n) is 12.1. The van der Waals surface area contributed by atoms with Crippen molar-refractivity contribution in [1.29, 1.82) is 0 Å². The molecule has 0 aliphatic heterocycles. The minimum atomic E-state index is -0.133. The SMILES string of the molecule is COc1cccc(NC(=O)c2ccc(-c3cccs3)cc2)c1. The molecule has 0 radical (unpaired) electrons. The van der Waals surface area contributed by atoms with Gasteiger partial charge >= 0.3 is 0 Å². The van der Waals surface area contributed by atoms with E-state index in [0.29, 0.717) is 17.0 Å². The summed E-state index contributed by atoms with van der Waals surface area (Å²) in [5.41, 5.74) is 2.46. The van der Waals surface area contributed by atoms with E-state index >= 15 is 0 Å². The molecule has 0 atom stereocenters. The molecule has 22 heavy (non-hydrogen) atoms. The van der Waals surface area contributed by atoms with Crippen LogP contribution in [0, 0.1) is 0 Å². The van der Waals surface area contributed by atoms with E-state index < -0.39 is 0 Å². The van der Waals surface area contributed by atoms with Gasteiger partial charge in [0, 0.05) is 22.2 Å². The highest BCUT2D eigenvalue weighted by molar-refractivity contribution is 7.13. The Balaban J connectivity index is 1.74. The maximum atomic E-state index is 12.3. The fourth-order valence-electron chi connectivity index (χ4n) is 2.13. The minimum absolute atomic E-state index is 0.133. The van der Waals surface area contributed by atoms with Gasteiger partial charge in [-0.25, -0.2) is 0 Å². The maximum absolute atomic E-state index is 12.3. The van der Waals surface area contributed by atoms with Crippen molar-refractivity contribution >= 4 is 22.9 Å². The van der Waals surface area contributed by atoms with Gasteiger partial charge in [-0.1, -0.05) is 24.3 Å². The second-order valence-electron chi connectivity index (χ2n) is 4.74. The number of carbonyl (C=O) groups is 1. The molecule has 0 spiro atoms. The molecule has 0 saturated heterocycles. The Kier molecular flexibility index (Phi) is 4.21. The van der Waals surface area contributed by atoms with Crippen LogP contribution in [0.15, 0.2) is 66.0 Å². The number of nitrogens with one attached hydrogen (secondary N) is 1. The lowest BCUT2D eigenvalue weighted by molar-refractivity contribution is 0.102. The fourth-order valence-corrected chi connectivity index (χ4v) is 2.87. The Labute approximate surface area is 133 Å². The van der Waals surface area contributed by atoms with Gasteiger partial charge in [0.25, 0.3) is 5.91 Å². The van der Waals surface area contributed by atoms with E-state index in [1.807, 2.05) is 53.9 Å². The van der Waals surface area contributed by atoms with Gasteiger partial charge in [-0.15, -0.1) is 11.3 Å². The van der Waals surface area contributed by atoms with Gasteiger partial charge in [0.05, 0.1) is 7.11 Å². The summed E-state index contributed by atoms with van der Waals surface area (Å²) in [5, 5.41) is 4.91.